The largest absolute Gasteiger partial charge is 0.489 e. The molecule has 1 heterocycles. The molecule has 0 amide bonds. The van der Waals surface area contributed by atoms with Crippen LogP contribution in [-0.2, 0) is 0 Å². The minimum absolute atomic E-state index is 0.328. The van der Waals surface area contributed by atoms with Crippen molar-refractivity contribution in [1.82, 2.24) is 0 Å². The van der Waals surface area contributed by atoms with Crippen LogP contribution < -0.4 is 10.4 Å². The van der Waals surface area contributed by atoms with Crippen LogP contribution in [0.5, 0.6) is 5.75 Å². The van der Waals surface area contributed by atoms with Crippen molar-refractivity contribution in [3.05, 3.63) is 51.4 Å². The molecule has 0 fully saturated rings. The first-order chi connectivity index (χ1) is 8.97. The second-order valence-corrected chi connectivity index (χ2v) is 4.98. The van der Waals surface area contributed by atoms with E-state index in [0.717, 1.165) is 22.3 Å². The molecule has 3 heteroatoms. The van der Waals surface area contributed by atoms with Gasteiger partial charge in [-0.2, -0.15) is 0 Å². The lowest BCUT2D eigenvalue weighted by atomic mass is 10.1. The fourth-order valence-corrected chi connectivity index (χ4v) is 1.99. The van der Waals surface area contributed by atoms with E-state index >= 15 is 0 Å². The van der Waals surface area contributed by atoms with E-state index in [0.29, 0.717) is 12.2 Å². The lowest BCUT2D eigenvalue weighted by Crippen LogP contribution is -2.01. The van der Waals surface area contributed by atoms with E-state index in [9.17, 15) is 4.79 Å². The molecule has 0 unspecified atom stereocenters. The quantitative estimate of drug-likeness (QED) is 0.621. The Morgan fingerprint density at radius 2 is 2.00 bits per heavy atom. The third kappa shape index (κ3) is 3.05. The highest BCUT2D eigenvalue weighted by molar-refractivity contribution is 5.87. The maximum Gasteiger partial charge on any atom is 0.336 e. The normalized spacial score (nSPS) is 10.5. The highest BCUT2D eigenvalue weighted by Crippen LogP contribution is 2.29. The molecule has 0 N–H and O–H groups in total. The second kappa shape index (κ2) is 5.31. The summed E-state index contributed by atoms with van der Waals surface area (Å²) in [5.41, 5.74) is 3.34. The van der Waals surface area contributed by atoms with E-state index in [2.05, 4.69) is 0 Å². The zero-order valence-electron chi connectivity index (χ0n) is 11.7. The zero-order chi connectivity index (χ0) is 14.0. The lowest BCUT2D eigenvalue weighted by molar-refractivity contribution is 0.365. The van der Waals surface area contributed by atoms with E-state index in [-0.39, 0.29) is 5.63 Å². The van der Waals surface area contributed by atoms with Gasteiger partial charge in [0.25, 0.3) is 0 Å². The summed E-state index contributed by atoms with van der Waals surface area (Å²) in [5.74, 6) is 0.758. The molecule has 2 aromatic rings. The van der Waals surface area contributed by atoms with Crippen LogP contribution in [0, 0.1) is 13.8 Å². The molecule has 3 nitrogen and oxygen atoms in total. The van der Waals surface area contributed by atoms with Crippen LogP contribution in [0.2, 0.25) is 0 Å². The minimum atomic E-state index is -0.328. The van der Waals surface area contributed by atoms with E-state index in [1.807, 2.05) is 45.9 Å². The monoisotopic (exact) mass is 258 g/mol. The molecule has 0 spiro atoms. The molecule has 0 saturated carbocycles. The molecule has 1 aromatic carbocycles. The summed E-state index contributed by atoms with van der Waals surface area (Å²) in [6.07, 6.45) is 2.02. The number of benzene rings is 1. The van der Waals surface area contributed by atoms with Crippen molar-refractivity contribution in [3.63, 3.8) is 0 Å². The third-order valence-corrected chi connectivity index (χ3v) is 2.88. The van der Waals surface area contributed by atoms with Crippen LogP contribution in [0.3, 0.4) is 0 Å². The Labute approximate surface area is 112 Å². The predicted octanol–water partition coefficient (Wildman–Crippen LogP) is 3.75. The molecule has 1 aromatic heterocycles. The first kappa shape index (κ1) is 13.4. The average Bonchev–Trinajstić information content (AvgIpc) is 2.26. The number of aryl methyl sites for hydroxylation is 2. The molecule has 0 atom stereocenters. The van der Waals surface area contributed by atoms with E-state index < -0.39 is 0 Å². The summed E-state index contributed by atoms with van der Waals surface area (Å²) in [4.78, 5) is 11.4. The molecular formula is C16H18O3. The van der Waals surface area contributed by atoms with Crippen molar-refractivity contribution >= 4 is 11.0 Å². The average molecular weight is 258 g/mol. The SMILES string of the molecule is CC(C)=CCOc1cc(C)cc2oc(=O)cc(C)c12. The van der Waals surface area contributed by atoms with E-state index in [1.54, 1.807) is 0 Å². The van der Waals surface area contributed by atoms with Crippen molar-refractivity contribution in [2.75, 3.05) is 6.61 Å². The van der Waals surface area contributed by atoms with Crippen LogP contribution in [0.15, 0.2) is 39.1 Å². The number of fused-ring (bicyclic) bond motifs is 1. The summed E-state index contributed by atoms with van der Waals surface area (Å²) in [6, 6.07) is 5.32. The van der Waals surface area contributed by atoms with Gasteiger partial charge in [0.05, 0.1) is 5.39 Å². The molecule has 2 rings (SSSR count). The summed E-state index contributed by atoms with van der Waals surface area (Å²) in [5, 5.41) is 0.868. The first-order valence-electron chi connectivity index (χ1n) is 6.28. The Morgan fingerprint density at radius 3 is 2.68 bits per heavy atom. The topological polar surface area (TPSA) is 39.4 Å². The predicted molar refractivity (Wildman–Crippen MR) is 76.9 cm³/mol. The Balaban J connectivity index is 2.53. The number of hydrogen-bond acceptors (Lipinski definition) is 3. The smallest absolute Gasteiger partial charge is 0.336 e. The van der Waals surface area contributed by atoms with Gasteiger partial charge in [-0.25, -0.2) is 4.79 Å². The Kier molecular flexibility index (Phi) is 3.74. The van der Waals surface area contributed by atoms with Crippen molar-refractivity contribution in [3.8, 4) is 5.75 Å². The van der Waals surface area contributed by atoms with Gasteiger partial charge < -0.3 is 9.15 Å². The van der Waals surface area contributed by atoms with Crippen LogP contribution in [0.25, 0.3) is 11.0 Å². The molecule has 0 aliphatic carbocycles. The molecule has 100 valence electrons. The van der Waals surface area contributed by atoms with Crippen LogP contribution in [0.1, 0.15) is 25.0 Å². The Bertz CT molecular complexity index is 689. The van der Waals surface area contributed by atoms with E-state index in [1.165, 1.54) is 11.6 Å². The van der Waals surface area contributed by atoms with Gasteiger partial charge >= 0.3 is 5.63 Å². The van der Waals surface area contributed by atoms with Gasteiger partial charge in [-0.15, -0.1) is 0 Å². The first-order valence-corrected chi connectivity index (χ1v) is 6.28. The van der Waals surface area contributed by atoms with Gasteiger partial charge in [-0.1, -0.05) is 5.57 Å². The lowest BCUT2D eigenvalue weighted by Gasteiger charge is -2.10. The van der Waals surface area contributed by atoms with Crippen molar-refractivity contribution in [2.24, 2.45) is 0 Å². The van der Waals surface area contributed by atoms with Crippen LogP contribution in [-0.4, -0.2) is 6.61 Å². The Hall–Kier alpha value is -2.03. The summed E-state index contributed by atoms with van der Waals surface area (Å²) < 4.78 is 11.0. The highest BCUT2D eigenvalue weighted by Gasteiger charge is 2.09. The van der Waals surface area contributed by atoms with Gasteiger partial charge in [-0.3, -0.25) is 0 Å². The zero-order valence-corrected chi connectivity index (χ0v) is 11.7. The molecule has 0 aliphatic rings. The molecule has 0 saturated heterocycles. The number of ether oxygens (including phenoxy) is 1. The maximum atomic E-state index is 11.4. The summed E-state index contributed by atoms with van der Waals surface area (Å²) in [6.45, 7) is 8.42. The Morgan fingerprint density at radius 1 is 1.26 bits per heavy atom. The fourth-order valence-electron chi connectivity index (χ4n) is 1.99. The van der Waals surface area contributed by atoms with Gasteiger partial charge in [-0.05, 0) is 57.0 Å². The van der Waals surface area contributed by atoms with Gasteiger partial charge in [0, 0.05) is 6.07 Å². The molecular weight excluding hydrogens is 240 g/mol. The highest BCUT2D eigenvalue weighted by atomic mass is 16.5. The standard InChI is InChI=1S/C16H18O3/c1-10(2)5-6-18-13-7-11(3)8-14-16(13)12(4)9-15(17)19-14/h5,7-9H,6H2,1-4H3. The minimum Gasteiger partial charge on any atom is -0.489 e. The van der Waals surface area contributed by atoms with Crippen LogP contribution >= 0.6 is 0 Å². The number of hydrogen-bond donors (Lipinski definition) is 0. The maximum absolute atomic E-state index is 11.4. The van der Waals surface area contributed by atoms with Crippen molar-refractivity contribution < 1.29 is 9.15 Å². The molecule has 0 aliphatic heterocycles. The van der Waals surface area contributed by atoms with Crippen LogP contribution in [0.4, 0.5) is 0 Å². The van der Waals surface area contributed by atoms with Gasteiger partial charge in [0.1, 0.15) is 17.9 Å². The van der Waals surface area contributed by atoms with E-state index in [4.69, 9.17) is 9.15 Å². The third-order valence-electron chi connectivity index (χ3n) is 2.88. The second-order valence-electron chi connectivity index (χ2n) is 4.98. The number of allylic oxidation sites excluding steroid dienone is 1. The number of rotatable bonds is 3. The van der Waals surface area contributed by atoms with Gasteiger partial charge in [0.2, 0.25) is 0 Å². The fraction of sp³-hybridized carbons (Fsp3) is 0.312. The molecule has 0 bridgehead atoms. The summed E-state index contributed by atoms with van der Waals surface area (Å²) >= 11 is 0. The van der Waals surface area contributed by atoms with Gasteiger partial charge in [0.15, 0.2) is 0 Å². The molecule has 0 radical (unpaired) electrons. The molecule has 19 heavy (non-hydrogen) atoms. The summed E-state index contributed by atoms with van der Waals surface area (Å²) in [7, 11) is 0. The van der Waals surface area contributed by atoms with Crippen molar-refractivity contribution in [1.29, 1.82) is 0 Å². The van der Waals surface area contributed by atoms with Crippen molar-refractivity contribution in [2.45, 2.75) is 27.7 Å².